The molecule has 3 heterocycles. The highest BCUT2D eigenvalue weighted by molar-refractivity contribution is 8.93. The SMILES string of the molecule is Br.c1ccc2c3cn4ccccc4cc-3nc2c1. The molecular weight excluding hydrogens is 288 g/mol. The van der Waals surface area contributed by atoms with E-state index in [-0.39, 0.29) is 17.0 Å². The molecule has 2 nitrogen and oxygen atoms in total. The predicted molar refractivity (Wildman–Crippen MR) is 79.6 cm³/mol. The summed E-state index contributed by atoms with van der Waals surface area (Å²) >= 11 is 0. The van der Waals surface area contributed by atoms with E-state index in [1.165, 1.54) is 16.5 Å². The van der Waals surface area contributed by atoms with Gasteiger partial charge in [0.2, 0.25) is 0 Å². The number of aromatic nitrogens is 2. The number of nitrogens with zero attached hydrogens (tertiary/aromatic N) is 2. The first kappa shape index (κ1) is 11.2. The summed E-state index contributed by atoms with van der Waals surface area (Å²) in [6.07, 6.45) is 4.22. The van der Waals surface area contributed by atoms with Crippen molar-refractivity contribution in [2.75, 3.05) is 0 Å². The van der Waals surface area contributed by atoms with Gasteiger partial charge in [-0.15, -0.1) is 17.0 Å². The zero-order chi connectivity index (χ0) is 11.2. The summed E-state index contributed by atoms with van der Waals surface area (Å²) in [7, 11) is 0. The lowest BCUT2D eigenvalue weighted by molar-refractivity contribution is 1.16. The molecule has 4 rings (SSSR count). The standard InChI is InChI=1S/C15H10N2.BrH/c1-2-7-14-12(6-1)13-10-17-8-4-3-5-11(17)9-15(13)16-14;/h1-10H;1H. The number of hydrogen-bond donors (Lipinski definition) is 0. The van der Waals surface area contributed by atoms with Crippen LogP contribution in [0.5, 0.6) is 0 Å². The molecule has 2 aromatic rings. The van der Waals surface area contributed by atoms with Crippen molar-refractivity contribution >= 4 is 33.4 Å². The Morgan fingerprint density at radius 2 is 1.78 bits per heavy atom. The Kier molecular flexibility index (Phi) is 2.56. The molecule has 88 valence electrons. The van der Waals surface area contributed by atoms with Crippen molar-refractivity contribution < 1.29 is 0 Å². The molecular formula is C15H11BrN2. The number of hydrogen-bond acceptors (Lipinski definition) is 1. The lowest BCUT2D eigenvalue weighted by atomic mass is 10.1. The molecule has 0 amide bonds. The lowest BCUT2D eigenvalue weighted by Crippen LogP contribution is -1.89. The molecule has 1 aromatic carbocycles. The molecule has 0 fully saturated rings. The van der Waals surface area contributed by atoms with Gasteiger partial charge in [-0.05, 0) is 24.3 Å². The van der Waals surface area contributed by atoms with E-state index in [1.54, 1.807) is 0 Å². The fraction of sp³-hybridized carbons (Fsp3) is 0. The molecule has 0 spiro atoms. The maximum Gasteiger partial charge on any atom is 0.0752 e. The molecule has 0 N–H and O–H groups in total. The fourth-order valence-corrected chi connectivity index (χ4v) is 2.36. The fourth-order valence-electron chi connectivity index (χ4n) is 2.36. The van der Waals surface area contributed by atoms with Crippen LogP contribution in [0.2, 0.25) is 0 Å². The highest BCUT2D eigenvalue weighted by Crippen LogP contribution is 2.31. The van der Waals surface area contributed by atoms with E-state index in [4.69, 9.17) is 0 Å². The van der Waals surface area contributed by atoms with Crippen LogP contribution in [-0.2, 0) is 0 Å². The average Bonchev–Trinajstić information content (AvgIpc) is 2.73. The summed E-state index contributed by atoms with van der Waals surface area (Å²) in [5.74, 6) is 0. The van der Waals surface area contributed by atoms with Crippen molar-refractivity contribution in [3.05, 3.63) is 60.9 Å². The number of pyridine rings is 2. The quantitative estimate of drug-likeness (QED) is 0.476. The van der Waals surface area contributed by atoms with Gasteiger partial charge in [0.1, 0.15) is 0 Å². The largest absolute Gasteiger partial charge is 0.323 e. The predicted octanol–water partition coefficient (Wildman–Crippen LogP) is 4.17. The van der Waals surface area contributed by atoms with Crippen molar-refractivity contribution in [2.45, 2.75) is 0 Å². The first-order valence-electron chi connectivity index (χ1n) is 5.67. The third-order valence-electron chi connectivity index (χ3n) is 3.19. The summed E-state index contributed by atoms with van der Waals surface area (Å²) in [5.41, 5.74) is 4.52. The van der Waals surface area contributed by atoms with Gasteiger partial charge in [0.05, 0.1) is 11.2 Å². The Morgan fingerprint density at radius 3 is 2.72 bits per heavy atom. The number of halogens is 1. The van der Waals surface area contributed by atoms with E-state index in [1.807, 2.05) is 18.2 Å². The summed E-state index contributed by atoms with van der Waals surface area (Å²) < 4.78 is 2.14. The normalized spacial score (nSPS) is 10.9. The Morgan fingerprint density at radius 1 is 0.944 bits per heavy atom. The van der Waals surface area contributed by atoms with Crippen LogP contribution < -0.4 is 0 Å². The molecule has 18 heavy (non-hydrogen) atoms. The topological polar surface area (TPSA) is 17.3 Å². The Balaban J connectivity index is 0.000001000. The van der Waals surface area contributed by atoms with Crippen LogP contribution in [0, 0.1) is 0 Å². The molecule has 2 aliphatic heterocycles. The Hall–Kier alpha value is -1.87. The smallest absolute Gasteiger partial charge is 0.0752 e. The van der Waals surface area contributed by atoms with Crippen LogP contribution in [0.4, 0.5) is 0 Å². The van der Waals surface area contributed by atoms with E-state index < -0.39 is 0 Å². The number of para-hydroxylation sites is 1. The molecule has 0 saturated carbocycles. The molecule has 1 aromatic heterocycles. The van der Waals surface area contributed by atoms with Crippen LogP contribution in [0.15, 0.2) is 60.9 Å². The van der Waals surface area contributed by atoms with Gasteiger partial charge in [0.25, 0.3) is 0 Å². The van der Waals surface area contributed by atoms with E-state index >= 15 is 0 Å². The lowest BCUT2D eigenvalue weighted by Gasteiger charge is -2.04. The van der Waals surface area contributed by atoms with Crippen LogP contribution in [0.1, 0.15) is 0 Å². The van der Waals surface area contributed by atoms with Crippen LogP contribution >= 0.6 is 17.0 Å². The van der Waals surface area contributed by atoms with Gasteiger partial charge >= 0.3 is 0 Å². The van der Waals surface area contributed by atoms with E-state index in [2.05, 4.69) is 52.1 Å². The maximum atomic E-state index is 4.65. The summed E-state index contributed by atoms with van der Waals surface area (Å²) in [5, 5.41) is 1.22. The van der Waals surface area contributed by atoms with Gasteiger partial charge in [-0.3, -0.25) is 0 Å². The second-order valence-corrected chi connectivity index (χ2v) is 4.23. The van der Waals surface area contributed by atoms with Gasteiger partial charge < -0.3 is 4.40 Å². The average molecular weight is 299 g/mol. The van der Waals surface area contributed by atoms with Crippen molar-refractivity contribution in [1.29, 1.82) is 0 Å². The summed E-state index contributed by atoms with van der Waals surface area (Å²) in [6.45, 7) is 0. The van der Waals surface area contributed by atoms with Crippen molar-refractivity contribution in [3.63, 3.8) is 0 Å². The van der Waals surface area contributed by atoms with Gasteiger partial charge in [-0.25, -0.2) is 4.98 Å². The molecule has 2 aliphatic rings. The van der Waals surface area contributed by atoms with Gasteiger partial charge in [-0.2, -0.15) is 0 Å². The number of rotatable bonds is 0. The molecule has 0 atom stereocenters. The Bertz CT molecular complexity index is 798. The highest BCUT2D eigenvalue weighted by atomic mass is 79.9. The van der Waals surface area contributed by atoms with Crippen LogP contribution in [0.25, 0.3) is 27.7 Å². The van der Waals surface area contributed by atoms with Crippen LogP contribution in [-0.4, -0.2) is 9.38 Å². The summed E-state index contributed by atoms with van der Waals surface area (Å²) in [4.78, 5) is 4.65. The third kappa shape index (κ3) is 1.51. The van der Waals surface area contributed by atoms with Crippen molar-refractivity contribution in [3.8, 4) is 11.3 Å². The first-order chi connectivity index (χ1) is 8.42. The zero-order valence-corrected chi connectivity index (χ0v) is 11.3. The van der Waals surface area contributed by atoms with Gasteiger partial charge in [0, 0.05) is 28.9 Å². The second kappa shape index (κ2) is 4.10. The van der Waals surface area contributed by atoms with E-state index in [0.717, 1.165) is 11.2 Å². The first-order valence-corrected chi connectivity index (χ1v) is 5.67. The Labute approximate surface area is 115 Å². The third-order valence-corrected chi connectivity index (χ3v) is 3.19. The number of benzene rings is 1. The van der Waals surface area contributed by atoms with Crippen molar-refractivity contribution in [1.82, 2.24) is 9.38 Å². The minimum atomic E-state index is 0. The molecule has 0 aliphatic carbocycles. The molecule has 0 bridgehead atoms. The number of fused-ring (bicyclic) bond motifs is 4. The second-order valence-electron chi connectivity index (χ2n) is 4.23. The monoisotopic (exact) mass is 298 g/mol. The molecule has 0 unspecified atom stereocenters. The minimum Gasteiger partial charge on any atom is -0.323 e. The summed E-state index contributed by atoms with van der Waals surface area (Å²) in [6, 6.07) is 16.6. The van der Waals surface area contributed by atoms with E-state index in [9.17, 15) is 0 Å². The molecule has 3 heteroatoms. The molecule has 0 radical (unpaired) electrons. The molecule has 0 saturated heterocycles. The highest BCUT2D eigenvalue weighted by Gasteiger charge is 2.11. The van der Waals surface area contributed by atoms with Gasteiger partial charge in [-0.1, -0.05) is 24.3 Å². The maximum absolute atomic E-state index is 4.65. The van der Waals surface area contributed by atoms with E-state index in [0.29, 0.717) is 0 Å². The van der Waals surface area contributed by atoms with Gasteiger partial charge in [0.15, 0.2) is 0 Å². The van der Waals surface area contributed by atoms with Crippen LogP contribution in [0.3, 0.4) is 0 Å². The minimum absolute atomic E-state index is 0. The van der Waals surface area contributed by atoms with Crippen molar-refractivity contribution in [2.24, 2.45) is 0 Å². The zero-order valence-electron chi connectivity index (χ0n) is 9.58.